The van der Waals surface area contributed by atoms with E-state index in [0.29, 0.717) is 63.6 Å². The molecule has 0 bridgehead atoms. The summed E-state index contributed by atoms with van der Waals surface area (Å²) >= 11 is 0. The molecule has 0 amide bonds. The summed E-state index contributed by atoms with van der Waals surface area (Å²) in [6, 6.07) is 51.5. The molecule has 2 aliphatic rings. The second-order valence-electron chi connectivity index (χ2n) is 19.2. The van der Waals surface area contributed by atoms with Crippen molar-refractivity contribution in [2.75, 3.05) is 66.8 Å². The van der Waals surface area contributed by atoms with E-state index in [1.165, 1.54) is 44.1 Å². The molecule has 0 saturated carbocycles. The van der Waals surface area contributed by atoms with Gasteiger partial charge in [0.1, 0.15) is 23.0 Å². The Hall–Kier alpha value is -6.64. The zero-order valence-corrected chi connectivity index (χ0v) is 43.1. The number of piperidine rings is 2. The van der Waals surface area contributed by atoms with Crippen LogP contribution >= 0.6 is 0 Å². The van der Waals surface area contributed by atoms with Crippen LogP contribution in [0.3, 0.4) is 0 Å². The third-order valence-electron chi connectivity index (χ3n) is 14.3. The van der Waals surface area contributed by atoms with Gasteiger partial charge in [0.2, 0.25) is 0 Å². The Morgan fingerprint density at radius 3 is 1.38 bits per heavy atom. The molecule has 0 aliphatic carbocycles. The van der Waals surface area contributed by atoms with Gasteiger partial charge in [-0.3, -0.25) is 0 Å². The number of nitrogens with one attached hydrogen (secondary N) is 6. The van der Waals surface area contributed by atoms with Gasteiger partial charge in [0, 0.05) is 97.5 Å². The van der Waals surface area contributed by atoms with Crippen molar-refractivity contribution in [1.29, 1.82) is 0 Å². The first kappa shape index (κ1) is 52.2. The van der Waals surface area contributed by atoms with Gasteiger partial charge in [0.15, 0.2) is 0 Å². The molecule has 0 unspecified atom stereocenters. The first-order valence-electron chi connectivity index (χ1n) is 26.4. The number of benzene rings is 6. The highest BCUT2D eigenvalue weighted by molar-refractivity contribution is 5.80. The fraction of sp³-hybridized carbons (Fsp3) is 0.355. The number of aromatic amines is 2. The molecular weight excluding hydrogens is 925 g/mol. The highest BCUT2D eigenvalue weighted by atomic mass is 16.5. The van der Waals surface area contributed by atoms with Crippen LogP contribution in [0.1, 0.15) is 70.9 Å². The Morgan fingerprint density at radius 2 is 0.932 bits per heavy atom. The Labute approximate surface area is 436 Å². The fourth-order valence-electron chi connectivity index (χ4n) is 10.2. The number of hydrogen-bond acceptors (Lipinski definition) is 10. The fourth-order valence-corrected chi connectivity index (χ4v) is 10.2. The van der Waals surface area contributed by atoms with Crippen LogP contribution in [0.4, 0.5) is 0 Å². The first-order chi connectivity index (χ1) is 36.6. The highest BCUT2D eigenvalue weighted by Crippen LogP contribution is 2.30. The summed E-state index contributed by atoms with van der Waals surface area (Å²) in [5, 5.41) is 17.2. The number of hydrogen-bond donors (Lipinski definition) is 6. The number of ether oxygens (including phenoxy) is 6. The van der Waals surface area contributed by atoms with E-state index < -0.39 is 0 Å². The smallest absolute Gasteiger partial charge is 0.124 e. The van der Waals surface area contributed by atoms with Crippen molar-refractivity contribution in [3.05, 3.63) is 191 Å². The maximum Gasteiger partial charge on any atom is 0.124 e. The maximum absolute atomic E-state index is 5.97. The largest absolute Gasteiger partial charge is 0.496 e. The average Bonchev–Trinajstić information content (AvgIpc) is 4.14. The minimum atomic E-state index is 0.392. The summed E-state index contributed by atoms with van der Waals surface area (Å²) < 4.78 is 34.3. The van der Waals surface area contributed by atoms with Crippen LogP contribution in [0.25, 0.3) is 21.8 Å². The van der Waals surface area contributed by atoms with Gasteiger partial charge in [-0.15, -0.1) is 0 Å². The van der Waals surface area contributed by atoms with Gasteiger partial charge in [-0.05, 0) is 132 Å². The zero-order chi connectivity index (χ0) is 50.6. The molecule has 2 aliphatic heterocycles. The molecule has 2 fully saturated rings. The van der Waals surface area contributed by atoms with E-state index in [-0.39, 0.29) is 0 Å². The molecule has 8 aromatic rings. The molecular formula is C62H74N6O6. The standard InChI is InChI=1S/2C31H37N3O3/c2*1-35-31-6-3-2-5-26(31)22-36-17-4-18-37-27-10-8-24(9-11-27)28-14-15-32-21-30(28)34-20-23-7-12-29-25(19-23)13-16-33-29/h2*2-3,5-13,16,19,28,30,32-34H,4,14-15,17-18,20-22H2,1H3/t2*28-,30-/m10/s1. The third-order valence-corrected chi connectivity index (χ3v) is 14.3. The van der Waals surface area contributed by atoms with Gasteiger partial charge in [-0.2, -0.15) is 0 Å². The molecule has 2 saturated heterocycles. The Bertz CT molecular complexity index is 2710. The molecule has 74 heavy (non-hydrogen) atoms. The molecule has 10 rings (SSSR count). The summed E-state index contributed by atoms with van der Waals surface area (Å²) in [6.07, 6.45) is 7.91. The number of aromatic nitrogens is 2. The zero-order valence-electron chi connectivity index (χ0n) is 43.1. The molecule has 0 spiro atoms. The van der Waals surface area contributed by atoms with Crippen LogP contribution in [0.2, 0.25) is 0 Å². The van der Waals surface area contributed by atoms with Gasteiger partial charge < -0.3 is 59.7 Å². The molecule has 0 radical (unpaired) electrons. The summed E-state index contributed by atoms with van der Waals surface area (Å²) in [4.78, 5) is 6.53. The molecule has 12 heteroatoms. The minimum Gasteiger partial charge on any atom is -0.496 e. The molecule has 12 nitrogen and oxygen atoms in total. The molecule has 4 atom stereocenters. The van der Waals surface area contributed by atoms with Crippen molar-refractivity contribution < 1.29 is 28.4 Å². The van der Waals surface area contributed by atoms with Gasteiger partial charge in [-0.1, -0.05) is 72.8 Å². The van der Waals surface area contributed by atoms with Crippen molar-refractivity contribution in [3.63, 3.8) is 0 Å². The topological polar surface area (TPSA) is 135 Å². The van der Waals surface area contributed by atoms with Crippen molar-refractivity contribution >= 4 is 21.8 Å². The van der Waals surface area contributed by atoms with Gasteiger partial charge in [0.25, 0.3) is 0 Å². The number of methoxy groups -OCH3 is 2. The van der Waals surface area contributed by atoms with Crippen molar-refractivity contribution in [1.82, 2.24) is 31.2 Å². The van der Waals surface area contributed by atoms with E-state index in [2.05, 4.69) is 128 Å². The highest BCUT2D eigenvalue weighted by Gasteiger charge is 2.27. The summed E-state index contributed by atoms with van der Waals surface area (Å²) in [5.41, 5.74) is 9.86. The van der Waals surface area contributed by atoms with E-state index in [1.54, 1.807) is 14.2 Å². The van der Waals surface area contributed by atoms with Crippen LogP contribution in [-0.4, -0.2) is 88.9 Å². The van der Waals surface area contributed by atoms with Crippen LogP contribution in [0.5, 0.6) is 23.0 Å². The normalized spacial score (nSPS) is 17.6. The lowest BCUT2D eigenvalue weighted by Crippen LogP contribution is -2.47. The van der Waals surface area contributed by atoms with E-state index in [1.807, 2.05) is 60.9 Å². The monoisotopic (exact) mass is 999 g/mol. The Balaban J connectivity index is 0.000000182. The van der Waals surface area contributed by atoms with E-state index in [9.17, 15) is 0 Å². The van der Waals surface area contributed by atoms with Gasteiger partial charge in [0.05, 0.1) is 53.9 Å². The predicted molar refractivity (Wildman–Crippen MR) is 297 cm³/mol. The van der Waals surface area contributed by atoms with Gasteiger partial charge in [-0.25, -0.2) is 0 Å². The Morgan fingerprint density at radius 1 is 0.486 bits per heavy atom. The maximum atomic E-state index is 5.97. The summed E-state index contributed by atoms with van der Waals surface area (Å²) in [5.74, 6) is 4.51. The lowest BCUT2D eigenvalue weighted by molar-refractivity contribution is 0.105. The van der Waals surface area contributed by atoms with E-state index in [0.717, 1.165) is 99.1 Å². The molecule has 2 aromatic heterocycles. The van der Waals surface area contributed by atoms with Crippen molar-refractivity contribution in [3.8, 4) is 23.0 Å². The van der Waals surface area contributed by atoms with Crippen molar-refractivity contribution in [2.24, 2.45) is 0 Å². The Kier molecular flexibility index (Phi) is 19.5. The molecule has 4 heterocycles. The third kappa shape index (κ3) is 14.8. The molecule has 6 N–H and O–H groups in total. The summed E-state index contributed by atoms with van der Waals surface area (Å²) in [6.45, 7) is 9.43. The second-order valence-corrected chi connectivity index (χ2v) is 19.2. The lowest BCUT2D eigenvalue weighted by Gasteiger charge is -2.33. The number of fused-ring (bicyclic) bond motifs is 2. The number of para-hydroxylation sites is 2. The van der Waals surface area contributed by atoms with Gasteiger partial charge >= 0.3 is 0 Å². The van der Waals surface area contributed by atoms with E-state index in [4.69, 9.17) is 28.4 Å². The number of rotatable bonds is 24. The van der Waals surface area contributed by atoms with Crippen LogP contribution in [0.15, 0.2) is 158 Å². The average molecular weight is 999 g/mol. The first-order valence-corrected chi connectivity index (χ1v) is 26.4. The number of H-pyrrole nitrogens is 2. The second kappa shape index (κ2) is 27.6. The van der Waals surface area contributed by atoms with Crippen LogP contribution in [-0.2, 0) is 35.8 Å². The van der Waals surface area contributed by atoms with Crippen LogP contribution in [0, 0.1) is 0 Å². The van der Waals surface area contributed by atoms with E-state index >= 15 is 0 Å². The van der Waals surface area contributed by atoms with Crippen molar-refractivity contribution in [2.45, 2.75) is 75.9 Å². The molecule has 6 aromatic carbocycles. The molecule has 388 valence electrons. The minimum absolute atomic E-state index is 0.392. The predicted octanol–water partition coefficient (Wildman–Crippen LogP) is 10.8. The van der Waals surface area contributed by atoms with Crippen LogP contribution < -0.4 is 40.2 Å². The summed E-state index contributed by atoms with van der Waals surface area (Å²) in [7, 11) is 3.37. The SMILES string of the molecule is COc1ccccc1COCCCOc1ccc([C@@H]2CCNC[C@@H]2NCc2ccc3[nH]ccc3c2)cc1.COc1ccccc1COCCCOc1ccc([C@H]2CCNC[C@H]2NCc2ccc3[nH]ccc3c2)cc1. The lowest BCUT2D eigenvalue weighted by atomic mass is 9.86. The quantitative estimate of drug-likeness (QED) is 0.0325.